The van der Waals surface area contributed by atoms with Crippen LogP contribution in [0.3, 0.4) is 0 Å². The molecule has 0 unspecified atom stereocenters. The summed E-state index contributed by atoms with van der Waals surface area (Å²) in [5.74, 6) is -0.173. The van der Waals surface area contributed by atoms with Gasteiger partial charge in [-0.05, 0) is 31.0 Å². The molecule has 0 aliphatic carbocycles. The lowest BCUT2D eigenvalue weighted by Crippen LogP contribution is -2.13. The van der Waals surface area contributed by atoms with Crippen LogP contribution in [0.4, 0.5) is 5.69 Å². The molecule has 0 spiro atoms. The van der Waals surface area contributed by atoms with Crippen LogP contribution in [0.15, 0.2) is 24.3 Å². The third-order valence-corrected chi connectivity index (χ3v) is 3.17. The van der Waals surface area contributed by atoms with Crippen LogP contribution in [-0.4, -0.2) is 16.1 Å². The number of nitrogens with zero attached hydrogens (tertiary/aromatic N) is 1. The molecule has 0 fully saturated rings. The van der Waals surface area contributed by atoms with Crippen LogP contribution in [0.25, 0.3) is 0 Å². The molecular formula is C14H16ClN3O. The lowest BCUT2D eigenvalue weighted by atomic mass is 10.1. The van der Waals surface area contributed by atoms with Crippen molar-refractivity contribution >= 4 is 23.2 Å². The molecule has 0 saturated heterocycles. The Morgan fingerprint density at radius 1 is 1.37 bits per heavy atom. The second-order valence-corrected chi connectivity index (χ2v) is 4.63. The van der Waals surface area contributed by atoms with Crippen molar-refractivity contribution in [1.82, 2.24) is 10.2 Å². The van der Waals surface area contributed by atoms with Crippen molar-refractivity contribution in [2.75, 3.05) is 5.32 Å². The van der Waals surface area contributed by atoms with Crippen LogP contribution < -0.4 is 5.32 Å². The first-order chi connectivity index (χ1) is 9.15. The molecule has 2 rings (SSSR count). The van der Waals surface area contributed by atoms with Gasteiger partial charge in [0.05, 0.1) is 17.1 Å². The van der Waals surface area contributed by atoms with E-state index < -0.39 is 0 Å². The number of H-pyrrole nitrogens is 1. The Morgan fingerprint density at radius 3 is 2.79 bits per heavy atom. The van der Waals surface area contributed by atoms with Crippen LogP contribution >= 0.6 is 11.6 Å². The molecule has 0 saturated carbocycles. The van der Waals surface area contributed by atoms with Crippen molar-refractivity contribution in [3.05, 3.63) is 46.2 Å². The number of aromatic amines is 1. The summed E-state index contributed by atoms with van der Waals surface area (Å²) in [7, 11) is 0. The quantitative estimate of drug-likeness (QED) is 0.899. The first kappa shape index (κ1) is 13.6. The van der Waals surface area contributed by atoms with Gasteiger partial charge < -0.3 is 5.32 Å². The number of hydrogen-bond donors (Lipinski definition) is 2. The molecule has 0 bridgehead atoms. The molecule has 19 heavy (non-hydrogen) atoms. The molecule has 5 heteroatoms. The minimum Gasteiger partial charge on any atom is -0.319 e. The van der Waals surface area contributed by atoms with Crippen LogP contribution in [0.1, 0.15) is 35.6 Å². The second-order valence-electron chi connectivity index (χ2n) is 4.20. The van der Waals surface area contributed by atoms with Crippen molar-refractivity contribution in [2.45, 2.75) is 26.7 Å². The Morgan fingerprint density at radius 2 is 2.16 bits per heavy atom. The fourth-order valence-electron chi connectivity index (χ4n) is 1.90. The maximum Gasteiger partial charge on any atom is 0.255 e. The van der Waals surface area contributed by atoms with E-state index in [-0.39, 0.29) is 5.91 Å². The molecule has 0 atom stereocenters. The summed E-state index contributed by atoms with van der Waals surface area (Å²) in [6.45, 7) is 4.02. The highest BCUT2D eigenvalue weighted by Crippen LogP contribution is 2.21. The Bertz CT molecular complexity index is 571. The van der Waals surface area contributed by atoms with E-state index >= 15 is 0 Å². The van der Waals surface area contributed by atoms with E-state index in [9.17, 15) is 4.79 Å². The molecule has 2 N–H and O–H groups in total. The van der Waals surface area contributed by atoms with Gasteiger partial charge in [-0.1, -0.05) is 31.5 Å². The molecule has 1 aromatic heterocycles. The molecule has 0 aliphatic rings. The summed E-state index contributed by atoms with van der Waals surface area (Å²) in [4.78, 5) is 12.2. The smallest absolute Gasteiger partial charge is 0.255 e. The molecule has 4 nitrogen and oxygen atoms in total. The lowest BCUT2D eigenvalue weighted by Gasteiger charge is -2.07. The van der Waals surface area contributed by atoms with Gasteiger partial charge in [0.2, 0.25) is 0 Å². The van der Waals surface area contributed by atoms with E-state index in [1.807, 2.05) is 13.8 Å². The Labute approximate surface area is 117 Å². The Kier molecular flexibility index (Phi) is 4.22. The van der Waals surface area contributed by atoms with Gasteiger partial charge in [0, 0.05) is 10.6 Å². The molecular weight excluding hydrogens is 262 g/mol. The minimum atomic E-state index is -0.173. The van der Waals surface area contributed by atoms with E-state index in [1.165, 1.54) is 0 Å². The molecule has 100 valence electrons. The number of halogens is 1. The maximum atomic E-state index is 12.2. The highest BCUT2D eigenvalue weighted by molar-refractivity contribution is 6.31. The van der Waals surface area contributed by atoms with Gasteiger partial charge in [-0.15, -0.1) is 0 Å². The molecule has 2 aromatic rings. The van der Waals surface area contributed by atoms with Crippen molar-refractivity contribution in [2.24, 2.45) is 0 Å². The number of amides is 1. The summed E-state index contributed by atoms with van der Waals surface area (Å²) in [6, 6.07) is 6.88. The van der Waals surface area contributed by atoms with Gasteiger partial charge in [-0.2, -0.15) is 5.10 Å². The lowest BCUT2D eigenvalue weighted by molar-refractivity contribution is 0.102. The SMILES string of the molecule is CCc1n[nH]c(CC)c1NC(=O)c1cccc(Cl)c1. The van der Waals surface area contributed by atoms with Crippen LogP contribution in [0, 0.1) is 0 Å². The summed E-state index contributed by atoms with van der Waals surface area (Å²) < 4.78 is 0. The average molecular weight is 278 g/mol. The summed E-state index contributed by atoms with van der Waals surface area (Å²) >= 11 is 5.89. The van der Waals surface area contributed by atoms with E-state index in [1.54, 1.807) is 24.3 Å². The zero-order chi connectivity index (χ0) is 13.8. The largest absolute Gasteiger partial charge is 0.319 e. The van der Waals surface area contributed by atoms with Crippen molar-refractivity contribution in [3.8, 4) is 0 Å². The van der Waals surface area contributed by atoms with Gasteiger partial charge >= 0.3 is 0 Å². The molecule has 1 aromatic carbocycles. The predicted octanol–water partition coefficient (Wildman–Crippen LogP) is 3.44. The predicted molar refractivity (Wildman–Crippen MR) is 76.7 cm³/mol. The third-order valence-electron chi connectivity index (χ3n) is 2.93. The number of aryl methyl sites for hydroxylation is 2. The van der Waals surface area contributed by atoms with Crippen molar-refractivity contribution in [1.29, 1.82) is 0 Å². The Balaban J connectivity index is 2.26. The van der Waals surface area contributed by atoms with Crippen LogP contribution in [-0.2, 0) is 12.8 Å². The maximum absolute atomic E-state index is 12.2. The topological polar surface area (TPSA) is 57.8 Å². The summed E-state index contributed by atoms with van der Waals surface area (Å²) in [6.07, 6.45) is 1.56. The number of rotatable bonds is 4. The number of carbonyl (C=O) groups is 1. The first-order valence-electron chi connectivity index (χ1n) is 6.28. The van der Waals surface area contributed by atoms with E-state index in [0.717, 1.165) is 29.9 Å². The van der Waals surface area contributed by atoms with Crippen LogP contribution in [0.5, 0.6) is 0 Å². The number of aromatic nitrogens is 2. The fourth-order valence-corrected chi connectivity index (χ4v) is 2.09. The number of benzene rings is 1. The van der Waals surface area contributed by atoms with Gasteiger partial charge in [-0.25, -0.2) is 0 Å². The number of nitrogens with one attached hydrogen (secondary N) is 2. The average Bonchev–Trinajstić information content (AvgIpc) is 2.80. The normalized spacial score (nSPS) is 10.5. The summed E-state index contributed by atoms with van der Waals surface area (Å²) in [5.41, 5.74) is 3.13. The van der Waals surface area contributed by atoms with E-state index in [2.05, 4.69) is 15.5 Å². The van der Waals surface area contributed by atoms with Crippen molar-refractivity contribution < 1.29 is 4.79 Å². The molecule has 0 aliphatic heterocycles. The van der Waals surface area contributed by atoms with Crippen molar-refractivity contribution in [3.63, 3.8) is 0 Å². The van der Waals surface area contributed by atoms with Gasteiger partial charge in [-0.3, -0.25) is 9.89 Å². The highest BCUT2D eigenvalue weighted by atomic mass is 35.5. The highest BCUT2D eigenvalue weighted by Gasteiger charge is 2.14. The van der Waals surface area contributed by atoms with Gasteiger partial charge in [0.15, 0.2) is 0 Å². The van der Waals surface area contributed by atoms with Gasteiger partial charge in [0.25, 0.3) is 5.91 Å². The zero-order valence-electron chi connectivity index (χ0n) is 11.0. The summed E-state index contributed by atoms with van der Waals surface area (Å²) in [5, 5.41) is 10.6. The minimum absolute atomic E-state index is 0.173. The second kappa shape index (κ2) is 5.89. The number of hydrogen-bond acceptors (Lipinski definition) is 2. The molecule has 0 radical (unpaired) electrons. The van der Waals surface area contributed by atoms with Crippen LogP contribution in [0.2, 0.25) is 5.02 Å². The number of anilines is 1. The monoisotopic (exact) mass is 277 g/mol. The first-order valence-corrected chi connectivity index (χ1v) is 6.66. The fraction of sp³-hybridized carbons (Fsp3) is 0.286. The standard InChI is InChI=1S/C14H16ClN3O/c1-3-11-13(12(4-2)18-17-11)16-14(19)9-6-5-7-10(15)8-9/h5-8H,3-4H2,1-2H3,(H,16,19)(H,17,18). The Hall–Kier alpha value is -1.81. The van der Waals surface area contributed by atoms with Gasteiger partial charge in [0.1, 0.15) is 0 Å². The third kappa shape index (κ3) is 2.96. The molecule has 1 heterocycles. The van der Waals surface area contributed by atoms with E-state index in [0.29, 0.717) is 10.6 Å². The zero-order valence-corrected chi connectivity index (χ0v) is 11.7. The molecule has 1 amide bonds. The van der Waals surface area contributed by atoms with E-state index in [4.69, 9.17) is 11.6 Å². The number of carbonyl (C=O) groups excluding carboxylic acids is 1.